The lowest BCUT2D eigenvalue weighted by Crippen LogP contribution is -1.97. The van der Waals surface area contributed by atoms with E-state index in [-0.39, 0.29) is 0 Å². The number of rotatable bonds is 2. The molecular formula is C16H14ClN3. The summed E-state index contributed by atoms with van der Waals surface area (Å²) in [6, 6.07) is 7.89. The highest BCUT2D eigenvalue weighted by Gasteiger charge is 2.14. The molecule has 2 heterocycles. The Kier molecular flexibility index (Phi) is 4.16. The average molecular weight is 284 g/mol. The third-order valence-corrected chi connectivity index (χ3v) is 3.25. The third-order valence-electron chi connectivity index (χ3n) is 3.06. The van der Waals surface area contributed by atoms with Crippen molar-refractivity contribution in [2.45, 2.75) is 20.8 Å². The van der Waals surface area contributed by atoms with Gasteiger partial charge in [-0.3, -0.25) is 4.98 Å². The molecule has 0 unspecified atom stereocenters. The summed E-state index contributed by atoms with van der Waals surface area (Å²) in [6.07, 6.45) is 3.54. The van der Waals surface area contributed by atoms with Crippen molar-refractivity contribution in [3.8, 4) is 17.2 Å². The zero-order chi connectivity index (χ0) is 14.7. The molecule has 0 aromatic carbocycles. The smallest absolute Gasteiger partial charge is 0.129 e. The Morgan fingerprint density at radius 3 is 2.70 bits per heavy atom. The summed E-state index contributed by atoms with van der Waals surface area (Å²) in [7, 11) is 0. The zero-order valence-corrected chi connectivity index (χ0v) is 12.4. The van der Waals surface area contributed by atoms with Gasteiger partial charge in [0.2, 0.25) is 0 Å². The highest BCUT2D eigenvalue weighted by molar-refractivity contribution is 6.29. The Morgan fingerprint density at radius 1 is 1.35 bits per heavy atom. The van der Waals surface area contributed by atoms with Gasteiger partial charge in [-0.1, -0.05) is 17.7 Å². The molecule has 0 spiro atoms. The minimum Gasteiger partial charge on any atom is -0.262 e. The number of hydrogen-bond donors (Lipinski definition) is 0. The molecule has 100 valence electrons. The van der Waals surface area contributed by atoms with Crippen LogP contribution in [-0.4, -0.2) is 9.97 Å². The van der Waals surface area contributed by atoms with E-state index in [1.807, 2.05) is 32.9 Å². The molecule has 0 fully saturated rings. The van der Waals surface area contributed by atoms with Crippen LogP contribution in [0.25, 0.3) is 16.7 Å². The molecule has 0 saturated carbocycles. The second-order valence-electron chi connectivity index (χ2n) is 4.45. The summed E-state index contributed by atoms with van der Waals surface area (Å²) in [5, 5.41) is 9.73. The molecule has 0 radical (unpaired) electrons. The van der Waals surface area contributed by atoms with Crippen LogP contribution in [0.1, 0.15) is 23.9 Å². The van der Waals surface area contributed by atoms with Crippen molar-refractivity contribution < 1.29 is 0 Å². The Hall–Kier alpha value is -2.18. The van der Waals surface area contributed by atoms with Crippen LogP contribution in [0.2, 0.25) is 5.15 Å². The maximum atomic E-state index is 9.31. The molecule has 20 heavy (non-hydrogen) atoms. The summed E-state index contributed by atoms with van der Waals surface area (Å²) in [5.74, 6) is 0. The molecule has 0 amide bonds. The van der Waals surface area contributed by atoms with E-state index >= 15 is 0 Å². The van der Waals surface area contributed by atoms with Gasteiger partial charge >= 0.3 is 0 Å². The standard InChI is InChI=1S/C16H14ClN3/c1-4-12(9-18)16-11(3)20-15(17)8-14(16)13-5-6-19-10(2)7-13/h4-8H,1-3H3/b12-4-. The first kappa shape index (κ1) is 14.2. The number of nitriles is 1. The lowest BCUT2D eigenvalue weighted by molar-refractivity contribution is 1.17. The van der Waals surface area contributed by atoms with E-state index in [4.69, 9.17) is 11.6 Å². The molecule has 0 aliphatic rings. The molecule has 0 aliphatic carbocycles. The van der Waals surface area contributed by atoms with Crippen LogP contribution in [0.3, 0.4) is 0 Å². The monoisotopic (exact) mass is 283 g/mol. The lowest BCUT2D eigenvalue weighted by Gasteiger charge is -2.12. The van der Waals surface area contributed by atoms with E-state index in [0.717, 1.165) is 28.1 Å². The Morgan fingerprint density at radius 2 is 2.10 bits per heavy atom. The molecule has 2 aromatic heterocycles. The van der Waals surface area contributed by atoms with E-state index in [9.17, 15) is 5.26 Å². The van der Waals surface area contributed by atoms with E-state index in [0.29, 0.717) is 10.7 Å². The summed E-state index contributed by atoms with van der Waals surface area (Å²) >= 11 is 6.07. The second-order valence-corrected chi connectivity index (χ2v) is 4.84. The average Bonchev–Trinajstić information content (AvgIpc) is 2.41. The topological polar surface area (TPSA) is 49.6 Å². The molecule has 0 aliphatic heterocycles. The minimum absolute atomic E-state index is 0.420. The van der Waals surface area contributed by atoms with Crippen LogP contribution >= 0.6 is 11.6 Å². The van der Waals surface area contributed by atoms with E-state index < -0.39 is 0 Å². The van der Waals surface area contributed by atoms with Gasteiger partial charge in [0.15, 0.2) is 0 Å². The van der Waals surface area contributed by atoms with Crippen molar-refractivity contribution in [3.63, 3.8) is 0 Å². The fourth-order valence-corrected chi connectivity index (χ4v) is 2.42. The van der Waals surface area contributed by atoms with Crippen molar-refractivity contribution in [2.75, 3.05) is 0 Å². The normalized spacial score (nSPS) is 11.2. The van der Waals surface area contributed by atoms with Crippen LogP contribution in [0.15, 0.2) is 30.5 Å². The lowest BCUT2D eigenvalue weighted by atomic mass is 9.94. The maximum absolute atomic E-state index is 9.31. The first-order valence-corrected chi connectivity index (χ1v) is 6.61. The van der Waals surface area contributed by atoms with Gasteiger partial charge in [0.1, 0.15) is 5.15 Å². The SMILES string of the molecule is C/C=C(/C#N)c1c(-c2ccnc(C)c2)cc(Cl)nc1C. The van der Waals surface area contributed by atoms with Gasteiger partial charge in [0.25, 0.3) is 0 Å². The molecule has 0 atom stereocenters. The number of pyridine rings is 2. The minimum atomic E-state index is 0.420. The number of allylic oxidation sites excluding steroid dienone is 2. The largest absolute Gasteiger partial charge is 0.262 e. The van der Waals surface area contributed by atoms with E-state index in [2.05, 4.69) is 16.0 Å². The van der Waals surface area contributed by atoms with Crippen LogP contribution in [0, 0.1) is 25.2 Å². The molecule has 2 aromatic rings. The molecule has 0 bridgehead atoms. The molecule has 4 heteroatoms. The van der Waals surface area contributed by atoms with Crippen molar-refractivity contribution in [1.29, 1.82) is 5.26 Å². The number of halogens is 1. The summed E-state index contributed by atoms with van der Waals surface area (Å²) in [4.78, 5) is 8.45. The zero-order valence-electron chi connectivity index (χ0n) is 11.6. The van der Waals surface area contributed by atoms with E-state index in [1.54, 1.807) is 18.3 Å². The fourth-order valence-electron chi connectivity index (χ4n) is 2.18. The van der Waals surface area contributed by atoms with Gasteiger partial charge in [0, 0.05) is 23.1 Å². The second kappa shape index (κ2) is 5.85. The number of nitrogens with zero attached hydrogens (tertiary/aromatic N) is 3. The quantitative estimate of drug-likeness (QED) is 0.608. The van der Waals surface area contributed by atoms with Gasteiger partial charge in [0.05, 0.1) is 11.6 Å². The summed E-state index contributed by atoms with van der Waals surface area (Å²) < 4.78 is 0. The van der Waals surface area contributed by atoms with Crippen molar-refractivity contribution >= 4 is 17.2 Å². The molecule has 0 saturated heterocycles. The van der Waals surface area contributed by atoms with Crippen molar-refractivity contribution in [1.82, 2.24) is 9.97 Å². The Labute approximate surface area is 123 Å². The highest BCUT2D eigenvalue weighted by atomic mass is 35.5. The van der Waals surface area contributed by atoms with Gasteiger partial charge < -0.3 is 0 Å². The van der Waals surface area contributed by atoms with Crippen LogP contribution in [0.4, 0.5) is 0 Å². The molecule has 3 nitrogen and oxygen atoms in total. The predicted molar refractivity (Wildman–Crippen MR) is 81.2 cm³/mol. The van der Waals surface area contributed by atoms with Crippen molar-refractivity contribution in [2.24, 2.45) is 0 Å². The van der Waals surface area contributed by atoms with Gasteiger partial charge in [-0.05, 0) is 50.1 Å². The van der Waals surface area contributed by atoms with Gasteiger partial charge in [-0.25, -0.2) is 4.98 Å². The van der Waals surface area contributed by atoms with Gasteiger partial charge in [-0.2, -0.15) is 5.26 Å². The van der Waals surface area contributed by atoms with Crippen LogP contribution in [0.5, 0.6) is 0 Å². The van der Waals surface area contributed by atoms with Crippen LogP contribution in [-0.2, 0) is 0 Å². The van der Waals surface area contributed by atoms with E-state index in [1.165, 1.54) is 0 Å². The summed E-state index contributed by atoms with van der Waals surface area (Å²) in [5.41, 5.74) is 4.97. The van der Waals surface area contributed by atoms with Crippen molar-refractivity contribution in [3.05, 3.63) is 52.6 Å². The highest BCUT2D eigenvalue weighted by Crippen LogP contribution is 2.32. The first-order chi connectivity index (χ1) is 9.56. The molecular weight excluding hydrogens is 270 g/mol. The summed E-state index contributed by atoms with van der Waals surface area (Å²) in [6.45, 7) is 5.63. The third kappa shape index (κ3) is 2.71. The first-order valence-electron chi connectivity index (χ1n) is 6.23. The Balaban J connectivity index is 2.78. The fraction of sp³-hybridized carbons (Fsp3) is 0.188. The number of aryl methyl sites for hydroxylation is 2. The molecule has 0 N–H and O–H groups in total. The number of aromatic nitrogens is 2. The predicted octanol–water partition coefficient (Wildman–Crippen LogP) is 4.34. The van der Waals surface area contributed by atoms with Gasteiger partial charge in [-0.15, -0.1) is 0 Å². The Bertz CT molecular complexity index is 727. The van der Waals surface area contributed by atoms with Crippen LogP contribution < -0.4 is 0 Å². The number of hydrogen-bond acceptors (Lipinski definition) is 3. The molecule has 2 rings (SSSR count). The maximum Gasteiger partial charge on any atom is 0.129 e.